The van der Waals surface area contributed by atoms with Crippen molar-refractivity contribution in [3.05, 3.63) is 41.2 Å². The van der Waals surface area contributed by atoms with Gasteiger partial charge in [0.15, 0.2) is 0 Å². The molecule has 0 fully saturated rings. The first-order valence-corrected chi connectivity index (χ1v) is 7.01. The van der Waals surface area contributed by atoms with E-state index in [0.717, 1.165) is 34.5 Å². The van der Waals surface area contributed by atoms with E-state index in [9.17, 15) is 0 Å². The zero-order chi connectivity index (χ0) is 14.5. The van der Waals surface area contributed by atoms with Crippen molar-refractivity contribution in [2.45, 2.75) is 20.8 Å². The predicted octanol–water partition coefficient (Wildman–Crippen LogP) is 4.25. The molecule has 1 aromatic carbocycles. The second kappa shape index (κ2) is 6.57. The summed E-state index contributed by atoms with van der Waals surface area (Å²) >= 11 is 5.95. The molecule has 5 heteroatoms. The molecule has 0 amide bonds. The number of benzene rings is 1. The third-order valence-electron chi connectivity index (χ3n) is 2.81. The fourth-order valence-electron chi connectivity index (χ4n) is 1.74. The normalized spacial score (nSPS) is 10.7. The molecule has 0 aliphatic heterocycles. The highest BCUT2D eigenvalue weighted by Gasteiger charge is 2.03. The van der Waals surface area contributed by atoms with Gasteiger partial charge in [-0.25, -0.2) is 9.97 Å². The lowest BCUT2D eigenvalue weighted by Crippen LogP contribution is -2.09. The van der Waals surface area contributed by atoms with Gasteiger partial charge in [-0.3, -0.25) is 0 Å². The van der Waals surface area contributed by atoms with Gasteiger partial charge < -0.3 is 10.6 Å². The molecule has 106 valence electrons. The first-order valence-electron chi connectivity index (χ1n) is 6.63. The fourth-order valence-corrected chi connectivity index (χ4v) is 1.96. The maximum Gasteiger partial charge on any atom is 0.135 e. The highest BCUT2D eigenvalue weighted by atomic mass is 35.5. The molecule has 1 aromatic heterocycles. The Morgan fingerprint density at radius 1 is 1.15 bits per heavy atom. The van der Waals surface area contributed by atoms with Crippen molar-refractivity contribution in [1.82, 2.24) is 9.97 Å². The Kier molecular flexibility index (Phi) is 4.79. The average molecular weight is 291 g/mol. The van der Waals surface area contributed by atoms with E-state index < -0.39 is 0 Å². The van der Waals surface area contributed by atoms with Crippen molar-refractivity contribution in [3.63, 3.8) is 0 Å². The van der Waals surface area contributed by atoms with E-state index >= 15 is 0 Å². The lowest BCUT2D eigenvalue weighted by molar-refractivity contribution is 0.687. The highest BCUT2D eigenvalue weighted by molar-refractivity contribution is 6.30. The van der Waals surface area contributed by atoms with Gasteiger partial charge >= 0.3 is 0 Å². The Balaban J connectivity index is 2.11. The summed E-state index contributed by atoms with van der Waals surface area (Å²) in [6, 6.07) is 7.62. The Morgan fingerprint density at radius 3 is 2.60 bits per heavy atom. The molecule has 2 aromatic rings. The smallest absolute Gasteiger partial charge is 0.135 e. The summed E-state index contributed by atoms with van der Waals surface area (Å²) in [6.45, 7) is 7.21. The van der Waals surface area contributed by atoms with E-state index in [2.05, 4.69) is 34.4 Å². The molecule has 0 atom stereocenters. The molecule has 2 N–H and O–H groups in total. The maximum atomic E-state index is 5.95. The van der Waals surface area contributed by atoms with Gasteiger partial charge in [0, 0.05) is 23.3 Å². The van der Waals surface area contributed by atoms with E-state index in [4.69, 9.17) is 11.6 Å². The zero-order valence-electron chi connectivity index (χ0n) is 11.9. The van der Waals surface area contributed by atoms with Crippen LogP contribution in [0.3, 0.4) is 0 Å². The third-order valence-corrected chi connectivity index (χ3v) is 3.04. The average Bonchev–Trinajstić information content (AvgIpc) is 2.40. The SMILES string of the molecule is Cc1cc(Cl)ccc1Nc1cc(NCC(C)C)ncn1. The molecular formula is C15H19ClN4. The summed E-state index contributed by atoms with van der Waals surface area (Å²) in [5.41, 5.74) is 2.07. The Hall–Kier alpha value is -1.81. The van der Waals surface area contributed by atoms with Crippen LogP contribution >= 0.6 is 11.6 Å². The predicted molar refractivity (Wildman–Crippen MR) is 84.8 cm³/mol. The van der Waals surface area contributed by atoms with E-state index in [-0.39, 0.29) is 0 Å². The van der Waals surface area contributed by atoms with E-state index in [1.54, 1.807) is 6.33 Å². The monoisotopic (exact) mass is 290 g/mol. The van der Waals surface area contributed by atoms with Gasteiger partial charge in [0.25, 0.3) is 0 Å². The summed E-state index contributed by atoms with van der Waals surface area (Å²) < 4.78 is 0. The molecule has 0 saturated heterocycles. The van der Waals surface area contributed by atoms with Crippen molar-refractivity contribution in [3.8, 4) is 0 Å². The van der Waals surface area contributed by atoms with Crippen LogP contribution in [0, 0.1) is 12.8 Å². The first kappa shape index (κ1) is 14.6. The van der Waals surface area contributed by atoms with Crippen molar-refractivity contribution in [2.75, 3.05) is 17.2 Å². The van der Waals surface area contributed by atoms with E-state index in [1.807, 2.05) is 31.2 Å². The minimum atomic E-state index is 0.569. The minimum Gasteiger partial charge on any atom is -0.370 e. The lowest BCUT2D eigenvalue weighted by Gasteiger charge is -2.11. The van der Waals surface area contributed by atoms with Gasteiger partial charge in [-0.15, -0.1) is 0 Å². The van der Waals surface area contributed by atoms with Crippen LogP contribution < -0.4 is 10.6 Å². The number of halogens is 1. The highest BCUT2D eigenvalue weighted by Crippen LogP contribution is 2.23. The summed E-state index contributed by atoms with van der Waals surface area (Å²) in [5.74, 6) is 2.15. The molecule has 0 aliphatic carbocycles. The summed E-state index contributed by atoms with van der Waals surface area (Å²) in [4.78, 5) is 8.44. The largest absolute Gasteiger partial charge is 0.370 e. The lowest BCUT2D eigenvalue weighted by atomic mass is 10.2. The second-order valence-corrected chi connectivity index (χ2v) is 5.58. The Morgan fingerprint density at radius 2 is 1.90 bits per heavy atom. The van der Waals surface area contributed by atoms with Crippen LogP contribution in [0.15, 0.2) is 30.6 Å². The standard InChI is InChI=1S/C15H19ClN4/c1-10(2)8-17-14-7-15(19-9-18-14)20-13-5-4-12(16)6-11(13)3/h4-7,9-10H,8H2,1-3H3,(H2,17,18,19,20). The number of aromatic nitrogens is 2. The summed E-state index contributed by atoms with van der Waals surface area (Å²) in [6.07, 6.45) is 1.55. The van der Waals surface area contributed by atoms with Gasteiger partial charge in [-0.05, 0) is 36.6 Å². The van der Waals surface area contributed by atoms with Crippen molar-refractivity contribution < 1.29 is 0 Å². The molecule has 2 rings (SSSR count). The van der Waals surface area contributed by atoms with Crippen molar-refractivity contribution >= 4 is 28.9 Å². The maximum absolute atomic E-state index is 5.95. The van der Waals surface area contributed by atoms with Crippen LogP contribution in [0.4, 0.5) is 17.3 Å². The number of rotatable bonds is 5. The molecule has 1 heterocycles. The fraction of sp³-hybridized carbons (Fsp3) is 0.333. The molecule has 0 aliphatic rings. The van der Waals surface area contributed by atoms with Crippen molar-refractivity contribution in [2.24, 2.45) is 5.92 Å². The van der Waals surface area contributed by atoms with Gasteiger partial charge in [0.05, 0.1) is 0 Å². The number of aryl methyl sites for hydroxylation is 1. The van der Waals surface area contributed by atoms with Crippen molar-refractivity contribution in [1.29, 1.82) is 0 Å². The second-order valence-electron chi connectivity index (χ2n) is 5.15. The zero-order valence-corrected chi connectivity index (χ0v) is 12.7. The summed E-state index contributed by atoms with van der Waals surface area (Å²) in [5, 5.41) is 7.29. The molecule has 0 unspecified atom stereocenters. The van der Waals surface area contributed by atoms with Crippen LogP contribution in [0.25, 0.3) is 0 Å². The number of hydrogen-bond donors (Lipinski definition) is 2. The molecule has 0 saturated carbocycles. The number of anilines is 3. The quantitative estimate of drug-likeness (QED) is 0.864. The van der Waals surface area contributed by atoms with E-state index in [0.29, 0.717) is 5.92 Å². The number of nitrogens with one attached hydrogen (secondary N) is 2. The number of hydrogen-bond acceptors (Lipinski definition) is 4. The molecule has 0 bridgehead atoms. The van der Waals surface area contributed by atoms with Gasteiger partial charge in [0.1, 0.15) is 18.0 Å². The molecule has 20 heavy (non-hydrogen) atoms. The van der Waals surface area contributed by atoms with Crippen LogP contribution in [0.1, 0.15) is 19.4 Å². The third kappa shape index (κ3) is 4.10. The van der Waals surface area contributed by atoms with Gasteiger partial charge in [0.2, 0.25) is 0 Å². The Labute approximate surface area is 124 Å². The Bertz CT molecular complexity index is 584. The molecule has 0 spiro atoms. The topological polar surface area (TPSA) is 49.8 Å². The number of nitrogens with zero attached hydrogens (tertiary/aromatic N) is 2. The van der Waals surface area contributed by atoms with Crippen LogP contribution in [0.2, 0.25) is 5.02 Å². The first-order chi connectivity index (χ1) is 9.54. The van der Waals surface area contributed by atoms with Gasteiger partial charge in [-0.2, -0.15) is 0 Å². The minimum absolute atomic E-state index is 0.569. The molecular weight excluding hydrogens is 272 g/mol. The van der Waals surface area contributed by atoms with Crippen LogP contribution in [-0.4, -0.2) is 16.5 Å². The van der Waals surface area contributed by atoms with Crippen LogP contribution in [-0.2, 0) is 0 Å². The summed E-state index contributed by atoms with van der Waals surface area (Å²) in [7, 11) is 0. The molecule has 0 radical (unpaired) electrons. The van der Waals surface area contributed by atoms with Gasteiger partial charge in [-0.1, -0.05) is 25.4 Å². The molecule has 4 nitrogen and oxygen atoms in total. The van der Waals surface area contributed by atoms with Crippen LogP contribution in [0.5, 0.6) is 0 Å². The van der Waals surface area contributed by atoms with E-state index in [1.165, 1.54) is 0 Å².